The summed E-state index contributed by atoms with van der Waals surface area (Å²) in [5, 5.41) is 12.0. The summed E-state index contributed by atoms with van der Waals surface area (Å²) in [6.45, 7) is 0.601. The molecule has 2 aromatic carbocycles. The Morgan fingerprint density at radius 1 is 1.16 bits per heavy atom. The van der Waals surface area contributed by atoms with Crippen LogP contribution in [0.5, 0.6) is 5.75 Å². The number of nitrogen functional groups attached to an aromatic ring is 1. The fourth-order valence-corrected chi connectivity index (χ4v) is 1.97. The summed E-state index contributed by atoms with van der Waals surface area (Å²) in [6.07, 6.45) is 0. The largest absolute Gasteiger partial charge is 0.496 e. The number of ether oxygens (including phenoxy) is 1. The average Bonchev–Trinajstić information content (AvgIpc) is 2.46. The van der Waals surface area contributed by atoms with Crippen LogP contribution >= 0.6 is 0 Å². The first-order valence-electron chi connectivity index (χ1n) is 6.14. The Bertz CT molecular complexity index is 556. The molecule has 0 aliphatic rings. The van der Waals surface area contributed by atoms with Gasteiger partial charge >= 0.3 is 0 Å². The van der Waals surface area contributed by atoms with Gasteiger partial charge in [-0.25, -0.2) is 0 Å². The van der Waals surface area contributed by atoms with Gasteiger partial charge in [0.25, 0.3) is 0 Å². The molecule has 0 unspecified atom stereocenters. The van der Waals surface area contributed by atoms with Crippen molar-refractivity contribution in [1.29, 1.82) is 0 Å². The number of aliphatic hydroxyl groups excluding tert-OH is 1. The van der Waals surface area contributed by atoms with E-state index in [2.05, 4.69) is 5.32 Å². The maximum absolute atomic E-state index is 8.84. The van der Waals surface area contributed by atoms with Crippen LogP contribution in [0.4, 0.5) is 11.4 Å². The lowest BCUT2D eigenvalue weighted by Crippen LogP contribution is -2.05. The number of hydrogen-bond acceptors (Lipinski definition) is 4. The van der Waals surface area contributed by atoms with E-state index in [1.54, 1.807) is 7.11 Å². The third kappa shape index (κ3) is 2.98. The quantitative estimate of drug-likeness (QED) is 0.720. The maximum Gasteiger partial charge on any atom is 0.126 e. The smallest absolute Gasteiger partial charge is 0.126 e. The van der Waals surface area contributed by atoms with Crippen LogP contribution in [0.1, 0.15) is 0 Å². The first-order chi connectivity index (χ1) is 9.26. The van der Waals surface area contributed by atoms with Crippen LogP contribution < -0.4 is 15.8 Å². The van der Waals surface area contributed by atoms with Crippen LogP contribution in [0.3, 0.4) is 0 Å². The van der Waals surface area contributed by atoms with E-state index >= 15 is 0 Å². The van der Waals surface area contributed by atoms with Crippen molar-refractivity contribution in [3.05, 3.63) is 42.5 Å². The molecule has 4 N–H and O–H groups in total. The molecule has 19 heavy (non-hydrogen) atoms. The lowest BCUT2D eigenvalue weighted by molar-refractivity contribution is 0.311. The zero-order valence-corrected chi connectivity index (χ0v) is 10.9. The van der Waals surface area contributed by atoms with Crippen molar-refractivity contribution < 1.29 is 9.84 Å². The first-order valence-corrected chi connectivity index (χ1v) is 6.14. The van der Waals surface area contributed by atoms with E-state index in [1.807, 2.05) is 42.5 Å². The van der Waals surface area contributed by atoms with Crippen molar-refractivity contribution in [2.75, 3.05) is 31.3 Å². The Hall–Kier alpha value is -2.20. The van der Waals surface area contributed by atoms with Gasteiger partial charge < -0.3 is 20.9 Å². The molecule has 0 aliphatic carbocycles. The number of benzene rings is 2. The molecule has 0 saturated heterocycles. The van der Waals surface area contributed by atoms with Gasteiger partial charge in [-0.2, -0.15) is 0 Å². The zero-order valence-electron chi connectivity index (χ0n) is 10.9. The number of rotatable bonds is 5. The molecular weight excluding hydrogens is 240 g/mol. The maximum atomic E-state index is 8.84. The second-order valence-electron chi connectivity index (χ2n) is 4.15. The minimum Gasteiger partial charge on any atom is -0.496 e. The normalized spacial score (nSPS) is 10.2. The molecule has 0 atom stereocenters. The van der Waals surface area contributed by atoms with E-state index < -0.39 is 0 Å². The number of para-hydroxylation sites is 1. The molecular formula is C15H18N2O2. The second-order valence-corrected chi connectivity index (χ2v) is 4.15. The molecule has 4 nitrogen and oxygen atoms in total. The summed E-state index contributed by atoms with van der Waals surface area (Å²) in [5.41, 5.74) is 9.53. The summed E-state index contributed by atoms with van der Waals surface area (Å²) in [6, 6.07) is 13.5. The van der Waals surface area contributed by atoms with Gasteiger partial charge in [-0.05, 0) is 24.3 Å². The number of nitrogens with one attached hydrogen (secondary N) is 1. The summed E-state index contributed by atoms with van der Waals surface area (Å²) < 4.78 is 5.36. The number of aliphatic hydroxyl groups is 1. The Balaban J connectivity index is 2.42. The van der Waals surface area contributed by atoms with Gasteiger partial charge in [0.05, 0.1) is 13.7 Å². The van der Waals surface area contributed by atoms with Crippen molar-refractivity contribution in [2.45, 2.75) is 0 Å². The van der Waals surface area contributed by atoms with Gasteiger partial charge in [-0.1, -0.05) is 18.2 Å². The van der Waals surface area contributed by atoms with Gasteiger partial charge in [0.15, 0.2) is 0 Å². The van der Waals surface area contributed by atoms with Crippen molar-refractivity contribution in [3.8, 4) is 16.9 Å². The van der Waals surface area contributed by atoms with Crippen LogP contribution in [0, 0.1) is 0 Å². The second kappa shape index (κ2) is 6.11. The monoisotopic (exact) mass is 258 g/mol. The Morgan fingerprint density at radius 3 is 2.68 bits per heavy atom. The summed E-state index contributed by atoms with van der Waals surface area (Å²) in [7, 11) is 1.64. The van der Waals surface area contributed by atoms with E-state index in [4.69, 9.17) is 15.6 Å². The van der Waals surface area contributed by atoms with Crippen LogP contribution in [0.25, 0.3) is 11.1 Å². The predicted octanol–water partition coefficient (Wildman–Crippen LogP) is 2.35. The van der Waals surface area contributed by atoms with Gasteiger partial charge in [-0.3, -0.25) is 0 Å². The lowest BCUT2D eigenvalue weighted by atomic mass is 10.0. The molecule has 0 radical (unpaired) electrons. The molecule has 0 heterocycles. The first kappa shape index (κ1) is 13.2. The number of methoxy groups -OCH3 is 1. The minimum atomic E-state index is 0.0916. The average molecular weight is 258 g/mol. The fraction of sp³-hybridized carbons (Fsp3) is 0.200. The summed E-state index contributed by atoms with van der Waals surface area (Å²) in [5.74, 6) is 0.786. The van der Waals surface area contributed by atoms with Crippen molar-refractivity contribution in [2.24, 2.45) is 0 Å². The highest BCUT2D eigenvalue weighted by atomic mass is 16.5. The highest BCUT2D eigenvalue weighted by molar-refractivity contribution is 5.83. The third-order valence-electron chi connectivity index (χ3n) is 2.89. The zero-order chi connectivity index (χ0) is 13.7. The molecule has 0 amide bonds. The lowest BCUT2D eigenvalue weighted by Gasteiger charge is -2.13. The molecule has 0 bridgehead atoms. The van der Waals surface area contributed by atoms with Crippen molar-refractivity contribution in [3.63, 3.8) is 0 Å². The number of nitrogens with two attached hydrogens (primary N) is 1. The molecule has 0 spiro atoms. The van der Waals surface area contributed by atoms with E-state index in [0.717, 1.165) is 22.6 Å². The predicted molar refractivity (Wildman–Crippen MR) is 78.4 cm³/mol. The molecule has 0 fully saturated rings. The highest BCUT2D eigenvalue weighted by Gasteiger charge is 2.09. The van der Waals surface area contributed by atoms with Gasteiger partial charge in [0.2, 0.25) is 0 Å². The molecule has 0 aromatic heterocycles. The summed E-state index contributed by atoms with van der Waals surface area (Å²) >= 11 is 0. The Labute approximate surface area is 112 Å². The van der Waals surface area contributed by atoms with Crippen LogP contribution in [0.2, 0.25) is 0 Å². The van der Waals surface area contributed by atoms with E-state index in [-0.39, 0.29) is 6.61 Å². The standard InChI is InChI=1S/C15H18N2O2/c1-19-15-5-3-2-4-12(15)13-10-11(17-8-9-18)6-7-14(13)16/h2-7,10,17-18H,8-9,16H2,1H3. The van der Waals surface area contributed by atoms with Gasteiger partial charge in [-0.15, -0.1) is 0 Å². The molecule has 100 valence electrons. The highest BCUT2D eigenvalue weighted by Crippen LogP contribution is 2.35. The van der Waals surface area contributed by atoms with Crippen LogP contribution in [-0.4, -0.2) is 25.4 Å². The Kier molecular flexibility index (Phi) is 4.26. The number of hydrogen-bond donors (Lipinski definition) is 3. The topological polar surface area (TPSA) is 67.5 Å². The van der Waals surface area contributed by atoms with Crippen LogP contribution in [-0.2, 0) is 0 Å². The minimum absolute atomic E-state index is 0.0916. The van der Waals surface area contributed by atoms with E-state index in [9.17, 15) is 0 Å². The SMILES string of the molecule is COc1ccccc1-c1cc(NCCO)ccc1N. The third-order valence-corrected chi connectivity index (χ3v) is 2.89. The van der Waals surface area contributed by atoms with Gasteiger partial charge in [0.1, 0.15) is 5.75 Å². The fourth-order valence-electron chi connectivity index (χ4n) is 1.97. The molecule has 0 saturated carbocycles. The molecule has 2 rings (SSSR count). The number of anilines is 2. The Morgan fingerprint density at radius 2 is 1.95 bits per heavy atom. The summed E-state index contributed by atoms with van der Waals surface area (Å²) in [4.78, 5) is 0. The van der Waals surface area contributed by atoms with E-state index in [1.165, 1.54) is 0 Å². The van der Waals surface area contributed by atoms with E-state index in [0.29, 0.717) is 12.2 Å². The molecule has 2 aromatic rings. The van der Waals surface area contributed by atoms with Crippen LogP contribution in [0.15, 0.2) is 42.5 Å². The molecule has 4 heteroatoms. The molecule has 0 aliphatic heterocycles. The van der Waals surface area contributed by atoms with Crippen molar-refractivity contribution in [1.82, 2.24) is 0 Å². The van der Waals surface area contributed by atoms with Crippen molar-refractivity contribution >= 4 is 11.4 Å². The van der Waals surface area contributed by atoms with Gasteiger partial charge in [0, 0.05) is 29.0 Å².